The maximum Gasteiger partial charge on any atom is 0.435 e. The molecule has 10 nitrogen and oxygen atoms in total. The smallest absolute Gasteiger partial charge is 0.435 e. The van der Waals surface area contributed by atoms with Crippen LogP contribution in [0.25, 0.3) is 0 Å². The Morgan fingerprint density at radius 3 is 2.22 bits per heavy atom. The van der Waals surface area contributed by atoms with E-state index in [2.05, 4.69) is 25.1 Å². The number of anilines is 2. The second-order valence-corrected chi connectivity index (χ2v) is 13.5. The van der Waals surface area contributed by atoms with E-state index in [9.17, 15) is 26.4 Å². The van der Waals surface area contributed by atoms with Crippen molar-refractivity contribution < 1.29 is 31.1 Å². The molecule has 0 bridgehead atoms. The summed E-state index contributed by atoms with van der Waals surface area (Å²) in [5.74, 6) is 0.224. The molecule has 0 unspecified atom stereocenters. The van der Waals surface area contributed by atoms with E-state index < -0.39 is 21.9 Å². The Hall–Kier alpha value is -4.40. The Morgan fingerprint density at radius 1 is 0.898 bits per heavy atom. The third-order valence-corrected chi connectivity index (χ3v) is 9.70. The number of piperazine rings is 1. The highest BCUT2D eigenvalue weighted by molar-refractivity contribution is 7.91. The summed E-state index contributed by atoms with van der Waals surface area (Å²) in [6, 6.07) is 23.4. The first-order valence-electron chi connectivity index (χ1n) is 15.7. The van der Waals surface area contributed by atoms with Crippen LogP contribution in [0.4, 0.5) is 24.5 Å². The molecule has 0 aliphatic carbocycles. The largest absolute Gasteiger partial charge is 0.438 e. The van der Waals surface area contributed by atoms with Crippen molar-refractivity contribution in [3.05, 3.63) is 107 Å². The first-order valence-corrected chi connectivity index (χ1v) is 17.3. The molecule has 2 saturated heterocycles. The van der Waals surface area contributed by atoms with Crippen molar-refractivity contribution in [1.82, 2.24) is 20.4 Å². The number of hydrogen-bond donors (Lipinski definition) is 2. The van der Waals surface area contributed by atoms with Crippen molar-refractivity contribution in [3.8, 4) is 11.6 Å². The fraction of sp³-hybridized carbons (Fsp3) is 0.324. The van der Waals surface area contributed by atoms with Gasteiger partial charge in [0.05, 0.1) is 17.1 Å². The monoisotopic (exact) mass is 716 g/mol. The second kappa shape index (κ2) is 15.4. The van der Waals surface area contributed by atoms with Crippen LogP contribution in [0.5, 0.6) is 11.6 Å². The lowest BCUT2D eigenvalue weighted by molar-refractivity contribution is -0.141. The lowest BCUT2D eigenvalue weighted by Gasteiger charge is -2.33. The van der Waals surface area contributed by atoms with Crippen LogP contribution in [0.2, 0.25) is 0 Å². The standard InChI is InChI=1S/C34H35F3N6O4S.ClH/c35-34(36,37)31-12-13-32(40-39-31)47-28-9-6-25(7-10-28)26-14-18-43(19-15-26)33(44)27-8-11-30(42-20-16-38-17-21-42)29(22-27)41-48(45,46)23-24-4-2-1-3-5-24;/h1-13,22,26,38,41H,14-21,23H2;1H. The Kier molecular flexibility index (Phi) is 11.3. The summed E-state index contributed by atoms with van der Waals surface area (Å²) in [4.78, 5) is 17.6. The van der Waals surface area contributed by atoms with E-state index in [1.807, 2.05) is 24.3 Å². The van der Waals surface area contributed by atoms with Crippen molar-refractivity contribution in [3.63, 3.8) is 0 Å². The number of carbonyl (C=O) groups is 1. The van der Waals surface area contributed by atoms with Gasteiger partial charge in [-0.3, -0.25) is 9.52 Å². The fourth-order valence-corrected chi connectivity index (χ4v) is 7.18. The van der Waals surface area contributed by atoms with Crippen molar-refractivity contribution in [2.45, 2.75) is 30.7 Å². The molecule has 0 atom stereocenters. The predicted octanol–water partition coefficient (Wildman–Crippen LogP) is 6.08. The maximum absolute atomic E-state index is 13.7. The summed E-state index contributed by atoms with van der Waals surface area (Å²) < 4.78 is 73.0. The van der Waals surface area contributed by atoms with Crippen molar-refractivity contribution >= 4 is 39.7 Å². The number of benzene rings is 3. The molecule has 15 heteroatoms. The Morgan fingerprint density at radius 2 is 1.59 bits per heavy atom. The molecule has 0 spiro atoms. The van der Waals surface area contributed by atoms with Crippen molar-refractivity contribution in [2.24, 2.45) is 0 Å². The maximum atomic E-state index is 13.7. The van der Waals surface area contributed by atoms with Crippen LogP contribution >= 0.6 is 12.4 Å². The number of amides is 1. The molecular formula is C34H36ClF3N6O4S. The summed E-state index contributed by atoms with van der Waals surface area (Å²) >= 11 is 0. The van der Waals surface area contributed by atoms with Gasteiger partial charge in [-0.2, -0.15) is 13.2 Å². The topological polar surface area (TPSA) is 117 Å². The third kappa shape index (κ3) is 9.19. The number of nitrogens with one attached hydrogen (secondary N) is 2. The van der Waals surface area contributed by atoms with E-state index in [0.717, 1.165) is 49.3 Å². The van der Waals surface area contributed by atoms with Crippen molar-refractivity contribution in [2.75, 3.05) is 48.9 Å². The summed E-state index contributed by atoms with van der Waals surface area (Å²) in [7, 11) is -3.76. The van der Waals surface area contributed by atoms with Crippen LogP contribution < -0.4 is 19.7 Å². The number of likely N-dealkylation sites (tertiary alicyclic amines) is 1. The normalized spacial score (nSPS) is 15.7. The van der Waals surface area contributed by atoms with Crippen LogP contribution in [0.3, 0.4) is 0 Å². The third-order valence-electron chi connectivity index (χ3n) is 8.45. The van der Waals surface area contributed by atoms with Gasteiger partial charge in [0.25, 0.3) is 5.91 Å². The van der Waals surface area contributed by atoms with E-state index in [4.69, 9.17) is 4.74 Å². The van der Waals surface area contributed by atoms with E-state index in [1.165, 1.54) is 0 Å². The van der Waals surface area contributed by atoms with E-state index >= 15 is 0 Å². The van der Waals surface area contributed by atoms with Crippen LogP contribution in [0.15, 0.2) is 84.9 Å². The number of nitrogens with zero attached hydrogens (tertiary/aromatic N) is 4. The number of aromatic nitrogens is 2. The van der Waals surface area contributed by atoms with Crippen LogP contribution in [0, 0.1) is 0 Å². The highest BCUT2D eigenvalue weighted by atomic mass is 35.5. The van der Waals surface area contributed by atoms with Gasteiger partial charge in [0.15, 0.2) is 5.69 Å². The van der Waals surface area contributed by atoms with Gasteiger partial charge in [0.1, 0.15) is 5.75 Å². The summed E-state index contributed by atoms with van der Waals surface area (Å²) in [6.07, 6.45) is -3.12. The summed E-state index contributed by atoms with van der Waals surface area (Å²) in [5.41, 5.74) is 2.17. The van der Waals surface area contributed by atoms with Gasteiger partial charge in [0, 0.05) is 50.9 Å². The number of hydrogen-bond acceptors (Lipinski definition) is 8. The zero-order valence-corrected chi connectivity index (χ0v) is 28.0. The second-order valence-electron chi connectivity index (χ2n) is 11.8. The first kappa shape index (κ1) is 35.9. The quantitative estimate of drug-likeness (QED) is 0.214. The molecule has 3 heterocycles. The molecule has 0 radical (unpaired) electrons. The molecule has 2 fully saturated rings. The van der Waals surface area contributed by atoms with Crippen LogP contribution in [0.1, 0.15) is 45.9 Å². The minimum absolute atomic E-state index is 0. The van der Waals surface area contributed by atoms with E-state index in [-0.39, 0.29) is 35.9 Å². The minimum atomic E-state index is -4.57. The first-order chi connectivity index (χ1) is 23.0. The SMILES string of the molecule is Cl.O=C(c1ccc(N2CCNCC2)c(NS(=O)(=O)Cc2ccccc2)c1)N1CCC(c2ccc(Oc3ccc(C(F)(F)F)nn3)cc2)CC1. The van der Waals surface area contributed by atoms with E-state index in [1.54, 1.807) is 53.4 Å². The molecule has 3 aromatic carbocycles. The van der Waals surface area contributed by atoms with E-state index in [0.29, 0.717) is 48.7 Å². The molecule has 0 saturated carbocycles. The Balaban J connectivity index is 0.00000468. The minimum Gasteiger partial charge on any atom is -0.438 e. The number of piperidine rings is 1. The lowest BCUT2D eigenvalue weighted by atomic mass is 9.89. The number of carbonyl (C=O) groups excluding carboxylic acids is 1. The van der Waals surface area contributed by atoms with Gasteiger partial charge >= 0.3 is 6.18 Å². The lowest BCUT2D eigenvalue weighted by Crippen LogP contribution is -2.44. The average molecular weight is 717 g/mol. The molecule has 2 N–H and O–H groups in total. The molecule has 1 aromatic heterocycles. The average Bonchev–Trinajstić information content (AvgIpc) is 3.09. The molecule has 6 rings (SSSR count). The Labute approximate surface area is 289 Å². The molecule has 4 aromatic rings. The predicted molar refractivity (Wildman–Crippen MR) is 183 cm³/mol. The highest BCUT2D eigenvalue weighted by Crippen LogP contribution is 2.33. The van der Waals surface area contributed by atoms with Gasteiger partial charge in [-0.1, -0.05) is 42.5 Å². The van der Waals surface area contributed by atoms with Crippen LogP contribution in [-0.2, 0) is 22.0 Å². The fourth-order valence-electron chi connectivity index (χ4n) is 5.98. The molecule has 2 aliphatic rings. The van der Waals surface area contributed by atoms with Gasteiger partial charge < -0.3 is 19.9 Å². The zero-order valence-electron chi connectivity index (χ0n) is 26.4. The Bertz CT molecular complexity index is 1820. The van der Waals surface area contributed by atoms with Gasteiger partial charge in [-0.15, -0.1) is 22.6 Å². The molecule has 2 aliphatic heterocycles. The number of rotatable bonds is 9. The molecular weight excluding hydrogens is 681 g/mol. The molecule has 1 amide bonds. The van der Waals surface area contributed by atoms with Gasteiger partial charge in [-0.05, 0) is 66.3 Å². The summed E-state index contributed by atoms with van der Waals surface area (Å²) in [6.45, 7) is 4.02. The number of halogens is 4. The van der Waals surface area contributed by atoms with Crippen molar-refractivity contribution in [1.29, 1.82) is 0 Å². The molecule has 49 heavy (non-hydrogen) atoms. The summed E-state index contributed by atoms with van der Waals surface area (Å²) in [5, 5.41) is 9.98. The number of ether oxygens (including phenoxy) is 1. The highest BCUT2D eigenvalue weighted by Gasteiger charge is 2.33. The van der Waals surface area contributed by atoms with Crippen LogP contribution in [-0.4, -0.2) is 68.7 Å². The molecule has 260 valence electrons. The van der Waals surface area contributed by atoms with Gasteiger partial charge in [0.2, 0.25) is 15.9 Å². The zero-order chi connectivity index (χ0) is 33.7. The van der Waals surface area contributed by atoms with Gasteiger partial charge in [-0.25, -0.2) is 8.42 Å². The number of sulfonamides is 1. The number of alkyl halides is 3.